The van der Waals surface area contributed by atoms with Gasteiger partial charge in [0.05, 0.1) is 6.54 Å². The number of hydrogen-bond acceptors (Lipinski definition) is 6. The quantitative estimate of drug-likeness (QED) is 0.479. The number of primary amides is 1. The Hall–Kier alpha value is -1.89. The summed E-state index contributed by atoms with van der Waals surface area (Å²) in [4.78, 5) is 21.2. The third-order valence-electron chi connectivity index (χ3n) is 2.40. The minimum Gasteiger partial charge on any atom is -0.368 e. The van der Waals surface area contributed by atoms with Gasteiger partial charge in [-0.05, 0) is 20.8 Å². The molecular weight excluding hydrogens is 220 g/mol. The van der Waals surface area contributed by atoms with Gasteiger partial charge >= 0.3 is 0 Å². The number of amides is 1. The molecule has 1 heterocycles. The van der Waals surface area contributed by atoms with Crippen LogP contribution in [0.1, 0.15) is 18.3 Å². The van der Waals surface area contributed by atoms with Crippen LogP contribution in [0.5, 0.6) is 0 Å². The average Bonchev–Trinajstić information content (AvgIpc) is 2.28. The normalized spacial score (nSPS) is 10.1. The topological polar surface area (TPSA) is 110 Å². The van der Waals surface area contributed by atoms with Crippen molar-refractivity contribution >= 4 is 17.5 Å². The number of nitrogens with one attached hydrogen (secondary N) is 1. The number of nitrogens with two attached hydrogens (primary N) is 2. The molecule has 0 saturated heterocycles. The molecule has 1 rings (SSSR count). The number of carbonyl (C=O) groups excluding carboxylic acids is 1. The maximum absolute atomic E-state index is 11.0. The van der Waals surface area contributed by atoms with Crippen molar-refractivity contribution in [3.05, 3.63) is 11.4 Å². The Kier molecular flexibility index (Phi) is 4.22. The van der Waals surface area contributed by atoms with Crippen molar-refractivity contribution in [2.24, 2.45) is 11.6 Å². The molecule has 1 aromatic rings. The van der Waals surface area contributed by atoms with Crippen molar-refractivity contribution in [3.63, 3.8) is 0 Å². The third-order valence-corrected chi connectivity index (χ3v) is 2.40. The average molecular weight is 238 g/mol. The molecule has 0 unspecified atom stereocenters. The van der Waals surface area contributed by atoms with Crippen molar-refractivity contribution in [3.8, 4) is 0 Å². The van der Waals surface area contributed by atoms with E-state index in [2.05, 4.69) is 15.4 Å². The van der Waals surface area contributed by atoms with E-state index in [1.807, 2.05) is 13.8 Å². The molecule has 0 atom stereocenters. The Morgan fingerprint density at radius 2 is 2.06 bits per heavy atom. The second-order valence-electron chi connectivity index (χ2n) is 3.69. The highest BCUT2D eigenvalue weighted by Gasteiger charge is 2.15. The first kappa shape index (κ1) is 13.2. The highest BCUT2D eigenvalue weighted by Crippen LogP contribution is 2.22. The Morgan fingerprint density at radius 3 is 2.53 bits per heavy atom. The highest BCUT2D eigenvalue weighted by atomic mass is 16.1. The zero-order valence-electron chi connectivity index (χ0n) is 10.3. The van der Waals surface area contributed by atoms with Crippen LogP contribution in [0.2, 0.25) is 0 Å². The number of carbonyl (C=O) groups is 1. The first-order valence-corrected chi connectivity index (χ1v) is 5.34. The van der Waals surface area contributed by atoms with E-state index in [1.54, 1.807) is 11.8 Å². The van der Waals surface area contributed by atoms with E-state index in [0.29, 0.717) is 24.0 Å². The molecule has 7 heteroatoms. The van der Waals surface area contributed by atoms with Crippen molar-refractivity contribution in [2.75, 3.05) is 23.4 Å². The van der Waals surface area contributed by atoms with Gasteiger partial charge in [-0.3, -0.25) is 4.79 Å². The van der Waals surface area contributed by atoms with Crippen molar-refractivity contribution in [1.29, 1.82) is 0 Å². The number of nitrogen functional groups attached to an aromatic ring is 1. The molecule has 0 fully saturated rings. The van der Waals surface area contributed by atoms with Gasteiger partial charge in [0, 0.05) is 12.1 Å². The molecule has 7 nitrogen and oxygen atoms in total. The van der Waals surface area contributed by atoms with Crippen molar-refractivity contribution in [1.82, 2.24) is 9.97 Å². The minimum absolute atomic E-state index is 0.123. The summed E-state index contributed by atoms with van der Waals surface area (Å²) in [5, 5.41) is 0. The van der Waals surface area contributed by atoms with Crippen LogP contribution in [0.4, 0.5) is 11.6 Å². The second-order valence-corrected chi connectivity index (χ2v) is 3.69. The van der Waals surface area contributed by atoms with Gasteiger partial charge in [-0.1, -0.05) is 0 Å². The van der Waals surface area contributed by atoms with Crippen LogP contribution in [-0.4, -0.2) is 29.0 Å². The summed E-state index contributed by atoms with van der Waals surface area (Å²) in [6, 6.07) is 0. The fraction of sp³-hybridized carbons (Fsp3) is 0.500. The molecule has 0 aromatic carbocycles. The number of anilines is 2. The lowest BCUT2D eigenvalue weighted by Gasteiger charge is -2.23. The summed E-state index contributed by atoms with van der Waals surface area (Å²) in [7, 11) is 0. The molecule has 0 spiro atoms. The standard InChI is InChI=1S/C10H18N6O/c1-4-16(5-8(11)17)10-6(2)9(15-12)13-7(3)14-10/h4-5,12H2,1-3H3,(H2,11,17)(H,13,14,15). The van der Waals surface area contributed by atoms with Gasteiger partial charge in [0.2, 0.25) is 5.91 Å². The molecule has 0 bridgehead atoms. The molecule has 1 aromatic heterocycles. The number of likely N-dealkylation sites (N-methyl/N-ethyl adjacent to an activating group) is 1. The summed E-state index contributed by atoms with van der Waals surface area (Å²) in [6.07, 6.45) is 0. The van der Waals surface area contributed by atoms with Gasteiger partial charge in [0.1, 0.15) is 17.5 Å². The Balaban J connectivity index is 3.18. The zero-order valence-corrected chi connectivity index (χ0v) is 10.3. The fourth-order valence-corrected chi connectivity index (χ4v) is 1.59. The summed E-state index contributed by atoms with van der Waals surface area (Å²) < 4.78 is 0. The van der Waals surface area contributed by atoms with E-state index < -0.39 is 5.91 Å². The summed E-state index contributed by atoms with van der Waals surface area (Å²) in [5.41, 5.74) is 8.51. The maximum atomic E-state index is 11.0. The largest absolute Gasteiger partial charge is 0.368 e. The number of hydrazine groups is 1. The van der Waals surface area contributed by atoms with E-state index in [1.165, 1.54) is 0 Å². The SMILES string of the molecule is CCN(CC(N)=O)c1nc(C)nc(NN)c1C. The maximum Gasteiger partial charge on any atom is 0.236 e. The van der Waals surface area contributed by atoms with E-state index in [-0.39, 0.29) is 6.54 Å². The summed E-state index contributed by atoms with van der Waals surface area (Å²) in [5.74, 6) is 6.79. The van der Waals surface area contributed by atoms with Crippen molar-refractivity contribution in [2.45, 2.75) is 20.8 Å². The van der Waals surface area contributed by atoms with Crippen LogP contribution < -0.4 is 21.9 Å². The number of nitrogens with zero attached hydrogens (tertiary/aromatic N) is 3. The predicted octanol–water partition coefficient (Wildman–Crippen LogP) is -0.309. The third kappa shape index (κ3) is 3.04. The van der Waals surface area contributed by atoms with Crippen LogP contribution in [0.15, 0.2) is 0 Å². The molecular formula is C10H18N6O. The van der Waals surface area contributed by atoms with Gasteiger partial charge < -0.3 is 16.1 Å². The van der Waals surface area contributed by atoms with Gasteiger partial charge in [-0.15, -0.1) is 0 Å². The molecule has 0 radical (unpaired) electrons. The monoisotopic (exact) mass is 238 g/mol. The zero-order chi connectivity index (χ0) is 13.0. The van der Waals surface area contributed by atoms with Crippen LogP contribution in [0, 0.1) is 13.8 Å². The smallest absolute Gasteiger partial charge is 0.236 e. The van der Waals surface area contributed by atoms with E-state index in [9.17, 15) is 4.79 Å². The number of aromatic nitrogens is 2. The lowest BCUT2D eigenvalue weighted by atomic mass is 10.2. The van der Waals surface area contributed by atoms with Gasteiger partial charge in [0.25, 0.3) is 0 Å². The van der Waals surface area contributed by atoms with Crippen molar-refractivity contribution < 1.29 is 4.79 Å². The van der Waals surface area contributed by atoms with Gasteiger partial charge in [-0.25, -0.2) is 15.8 Å². The molecule has 0 aliphatic carbocycles. The van der Waals surface area contributed by atoms with Gasteiger partial charge in [-0.2, -0.15) is 0 Å². The van der Waals surface area contributed by atoms with Crippen LogP contribution >= 0.6 is 0 Å². The molecule has 5 N–H and O–H groups in total. The summed E-state index contributed by atoms with van der Waals surface area (Å²) in [6.45, 7) is 6.28. The molecule has 17 heavy (non-hydrogen) atoms. The fourth-order valence-electron chi connectivity index (χ4n) is 1.59. The first-order chi connectivity index (χ1) is 7.99. The predicted molar refractivity (Wildman–Crippen MR) is 66.4 cm³/mol. The van der Waals surface area contributed by atoms with E-state index in [4.69, 9.17) is 11.6 Å². The van der Waals surface area contributed by atoms with Gasteiger partial charge in [0.15, 0.2) is 0 Å². The Morgan fingerprint density at radius 1 is 1.41 bits per heavy atom. The minimum atomic E-state index is -0.398. The lowest BCUT2D eigenvalue weighted by Crippen LogP contribution is -2.35. The number of rotatable bonds is 5. The van der Waals surface area contributed by atoms with E-state index in [0.717, 1.165) is 5.56 Å². The highest BCUT2D eigenvalue weighted by molar-refractivity contribution is 5.79. The lowest BCUT2D eigenvalue weighted by molar-refractivity contribution is -0.116. The molecule has 94 valence electrons. The molecule has 0 saturated carbocycles. The first-order valence-electron chi connectivity index (χ1n) is 5.34. The molecule has 1 amide bonds. The Bertz CT molecular complexity index is 420. The molecule has 0 aliphatic heterocycles. The Labute approximate surface area is 100 Å². The van der Waals surface area contributed by atoms with Crippen LogP contribution in [0.25, 0.3) is 0 Å². The number of hydrogen-bond donors (Lipinski definition) is 3. The van der Waals surface area contributed by atoms with Crippen LogP contribution in [0.3, 0.4) is 0 Å². The van der Waals surface area contributed by atoms with Crippen LogP contribution in [-0.2, 0) is 4.79 Å². The van der Waals surface area contributed by atoms with E-state index >= 15 is 0 Å². The second kappa shape index (κ2) is 5.44. The molecule has 0 aliphatic rings. The number of aryl methyl sites for hydroxylation is 1. The summed E-state index contributed by atoms with van der Waals surface area (Å²) >= 11 is 0.